The summed E-state index contributed by atoms with van der Waals surface area (Å²) in [5.74, 6) is 1.05. The van der Waals surface area contributed by atoms with Crippen LogP contribution in [0.1, 0.15) is 37.7 Å². The first kappa shape index (κ1) is 16.3. The first-order chi connectivity index (χ1) is 12.7. The van der Waals surface area contributed by atoms with Crippen LogP contribution in [0.5, 0.6) is 0 Å². The summed E-state index contributed by atoms with van der Waals surface area (Å²) in [6, 6.07) is 9.96. The van der Waals surface area contributed by atoms with Crippen LogP contribution in [0.15, 0.2) is 36.7 Å². The van der Waals surface area contributed by atoms with Crippen molar-refractivity contribution in [2.75, 3.05) is 11.1 Å². The molecule has 0 bridgehead atoms. The second-order valence-electron chi connectivity index (χ2n) is 6.68. The Morgan fingerprint density at radius 2 is 1.81 bits per heavy atom. The van der Waals surface area contributed by atoms with Crippen LogP contribution in [0.2, 0.25) is 0 Å². The van der Waals surface area contributed by atoms with Gasteiger partial charge in [0.1, 0.15) is 5.82 Å². The number of pyridine rings is 1. The average Bonchev–Trinajstić information content (AvgIpc) is 2.69. The van der Waals surface area contributed by atoms with Crippen molar-refractivity contribution in [3.63, 3.8) is 0 Å². The second kappa shape index (κ2) is 6.96. The van der Waals surface area contributed by atoms with Crippen LogP contribution in [-0.2, 0) is 0 Å². The number of nitrogens with zero attached hydrogens (tertiary/aromatic N) is 4. The number of hydrogen-bond donors (Lipinski definition) is 2. The molecule has 3 aromatic rings. The maximum absolute atomic E-state index is 8.99. The largest absolute Gasteiger partial charge is 0.383 e. The maximum Gasteiger partial charge on any atom is 0.223 e. The van der Waals surface area contributed by atoms with Crippen molar-refractivity contribution >= 4 is 22.7 Å². The zero-order valence-corrected chi connectivity index (χ0v) is 14.4. The Bertz CT molecular complexity index is 968. The van der Waals surface area contributed by atoms with Crippen LogP contribution in [0.4, 0.5) is 11.8 Å². The van der Waals surface area contributed by atoms with Crippen LogP contribution in [0.25, 0.3) is 22.0 Å². The summed E-state index contributed by atoms with van der Waals surface area (Å²) in [5.41, 5.74) is 9.25. The van der Waals surface area contributed by atoms with Gasteiger partial charge in [-0.3, -0.25) is 0 Å². The van der Waals surface area contributed by atoms with Crippen LogP contribution < -0.4 is 11.1 Å². The van der Waals surface area contributed by atoms with E-state index in [1.807, 2.05) is 12.1 Å². The third kappa shape index (κ3) is 3.16. The number of nitrogen functional groups attached to an aromatic ring is 1. The number of hydrogen-bond acceptors (Lipinski definition) is 6. The van der Waals surface area contributed by atoms with Crippen molar-refractivity contribution < 1.29 is 0 Å². The molecule has 0 radical (unpaired) electrons. The summed E-state index contributed by atoms with van der Waals surface area (Å²) < 4.78 is 0. The molecule has 1 aromatic carbocycles. The van der Waals surface area contributed by atoms with Gasteiger partial charge in [0.25, 0.3) is 0 Å². The summed E-state index contributed by atoms with van der Waals surface area (Å²) in [6.07, 6.45) is 9.59. The molecule has 0 atom stereocenters. The van der Waals surface area contributed by atoms with E-state index >= 15 is 0 Å². The molecule has 26 heavy (non-hydrogen) atoms. The molecule has 6 nitrogen and oxygen atoms in total. The Labute approximate surface area is 152 Å². The number of aromatic nitrogens is 3. The monoisotopic (exact) mass is 344 g/mol. The van der Waals surface area contributed by atoms with E-state index in [1.165, 1.54) is 19.3 Å². The third-order valence-corrected chi connectivity index (χ3v) is 4.92. The van der Waals surface area contributed by atoms with Gasteiger partial charge in [0.05, 0.1) is 22.5 Å². The fraction of sp³-hybridized carbons (Fsp3) is 0.300. The van der Waals surface area contributed by atoms with Crippen molar-refractivity contribution in [2.24, 2.45) is 0 Å². The van der Waals surface area contributed by atoms with Gasteiger partial charge in [-0.2, -0.15) is 5.26 Å². The van der Waals surface area contributed by atoms with Gasteiger partial charge in [-0.15, -0.1) is 0 Å². The fourth-order valence-corrected chi connectivity index (χ4v) is 3.47. The van der Waals surface area contributed by atoms with E-state index in [4.69, 9.17) is 16.0 Å². The molecule has 1 saturated carbocycles. The first-order valence-electron chi connectivity index (χ1n) is 8.93. The molecule has 0 saturated heterocycles. The summed E-state index contributed by atoms with van der Waals surface area (Å²) >= 11 is 0. The maximum atomic E-state index is 8.99. The second-order valence-corrected chi connectivity index (χ2v) is 6.68. The van der Waals surface area contributed by atoms with Crippen LogP contribution in [0, 0.1) is 11.3 Å². The Balaban J connectivity index is 1.75. The molecular weight excluding hydrogens is 324 g/mol. The molecule has 0 amide bonds. The molecule has 4 rings (SSSR count). The Hall–Kier alpha value is -3.20. The lowest BCUT2D eigenvalue weighted by molar-refractivity contribution is 0.461. The highest BCUT2D eigenvalue weighted by Crippen LogP contribution is 2.30. The highest BCUT2D eigenvalue weighted by Gasteiger charge is 2.16. The molecule has 130 valence electrons. The zero-order valence-electron chi connectivity index (χ0n) is 14.4. The van der Waals surface area contributed by atoms with Crippen LogP contribution in [0.3, 0.4) is 0 Å². The number of rotatable bonds is 3. The lowest BCUT2D eigenvalue weighted by atomic mass is 9.96. The van der Waals surface area contributed by atoms with E-state index in [9.17, 15) is 0 Å². The minimum atomic E-state index is 0.418. The van der Waals surface area contributed by atoms with Gasteiger partial charge in [0, 0.05) is 24.0 Å². The van der Waals surface area contributed by atoms with Gasteiger partial charge in [-0.25, -0.2) is 15.0 Å². The summed E-state index contributed by atoms with van der Waals surface area (Å²) in [5, 5.41) is 13.2. The van der Waals surface area contributed by atoms with Crippen LogP contribution in [-0.4, -0.2) is 21.0 Å². The number of anilines is 2. The Morgan fingerprint density at radius 3 is 2.54 bits per heavy atom. The zero-order chi connectivity index (χ0) is 17.9. The van der Waals surface area contributed by atoms with Gasteiger partial charge in [0.2, 0.25) is 5.95 Å². The number of nitrogens with two attached hydrogens (primary N) is 1. The highest BCUT2D eigenvalue weighted by molar-refractivity contribution is 5.98. The van der Waals surface area contributed by atoms with Crippen molar-refractivity contribution in [3.8, 4) is 17.2 Å². The van der Waals surface area contributed by atoms with E-state index in [-0.39, 0.29) is 0 Å². The minimum absolute atomic E-state index is 0.418. The minimum Gasteiger partial charge on any atom is -0.383 e. The Morgan fingerprint density at radius 1 is 1.04 bits per heavy atom. The molecule has 1 aliphatic rings. The average molecular weight is 344 g/mol. The van der Waals surface area contributed by atoms with Crippen molar-refractivity contribution in [1.29, 1.82) is 5.26 Å². The highest BCUT2D eigenvalue weighted by atomic mass is 15.1. The van der Waals surface area contributed by atoms with E-state index in [0.29, 0.717) is 23.4 Å². The predicted molar refractivity (Wildman–Crippen MR) is 102 cm³/mol. The molecule has 2 heterocycles. The number of nitrogens with one attached hydrogen (secondary N) is 1. The number of benzene rings is 1. The molecule has 0 unspecified atom stereocenters. The van der Waals surface area contributed by atoms with E-state index in [1.54, 1.807) is 24.5 Å². The molecule has 1 aliphatic carbocycles. The summed E-state index contributed by atoms with van der Waals surface area (Å²) in [4.78, 5) is 13.5. The normalized spacial score (nSPS) is 14.9. The quantitative estimate of drug-likeness (QED) is 0.747. The third-order valence-electron chi connectivity index (χ3n) is 4.92. The van der Waals surface area contributed by atoms with E-state index in [2.05, 4.69) is 21.4 Å². The lowest BCUT2D eigenvalue weighted by Crippen LogP contribution is -2.23. The molecule has 6 heteroatoms. The van der Waals surface area contributed by atoms with Gasteiger partial charge in [-0.1, -0.05) is 31.4 Å². The SMILES string of the molecule is N#Cc1ccc(-c2cnc(N)c3cnc(NC4CCCCC4)nc23)cc1. The van der Waals surface area contributed by atoms with Gasteiger partial charge >= 0.3 is 0 Å². The number of nitriles is 1. The number of fused-ring (bicyclic) bond motifs is 1. The van der Waals surface area contributed by atoms with Gasteiger partial charge < -0.3 is 11.1 Å². The molecule has 2 aromatic heterocycles. The molecule has 0 spiro atoms. The smallest absolute Gasteiger partial charge is 0.223 e. The van der Waals surface area contributed by atoms with Crippen molar-refractivity contribution in [3.05, 3.63) is 42.2 Å². The van der Waals surface area contributed by atoms with Crippen molar-refractivity contribution in [1.82, 2.24) is 15.0 Å². The first-order valence-corrected chi connectivity index (χ1v) is 8.93. The summed E-state index contributed by atoms with van der Waals surface area (Å²) in [6.45, 7) is 0. The van der Waals surface area contributed by atoms with E-state index < -0.39 is 0 Å². The van der Waals surface area contributed by atoms with Crippen molar-refractivity contribution in [2.45, 2.75) is 38.1 Å². The molecule has 3 N–H and O–H groups in total. The predicted octanol–water partition coefficient (Wildman–Crippen LogP) is 3.89. The van der Waals surface area contributed by atoms with Gasteiger partial charge in [0.15, 0.2) is 0 Å². The fourth-order valence-electron chi connectivity index (χ4n) is 3.47. The molecule has 0 aliphatic heterocycles. The lowest BCUT2D eigenvalue weighted by Gasteiger charge is -2.22. The van der Waals surface area contributed by atoms with Gasteiger partial charge in [-0.05, 0) is 30.5 Å². The van der Waals surface area contributed by atoms with E-state index in [0.717, 1.165) is 34.9 Å². The molecular formula is C20H20N6. The standard InChI is InChI=1S/C20H20N6/c21-10-13-6-8-14(9-7-13)16-11-23-19(22)17-12-24-20(26-18(16)17)25-15-4-2-1-3-5-15/h6-9,11-12,15H,1-5H2,(H2,22,23)(H,24,25,26). The van der Waals surface area contributed by atoms with Crippen LogP contribution >= 0.6 is 0 Å². The Kier molecular flexibility index (Phi) is 4.36. The summed E-state index contributed by atoms with van der Waals surface area (Å²) in [7, 11) is 0. The molecule has 1 fully saturated rings. The topological polar surface area (TPSA) is 101 Å².